The van der Waals surface area contributed by atoms with Crippen LogP contribution in [0.1, 0.15) is 5.56 Å². The lowest BCUT2D eigenvalue weighted by molar-refractivity contribution is -0.385. The normalized spacial score (nSPS) is 11.5. The smallest absolute Gasteiger partial charge is 0.311 e. The second kappa shape index (κ2) is 7.26. The topological polar surface area (TPSA) is 104 Å². The summed E-state index contributed by atoms with van der Waals surface area (Å²) in [6.07, 6.45) is 0. The van der Waals surface area contributed by atoms with E-state index in [1.807, 2.05) is 0 Å². The quantitative estimate of drug-likeness (QED) is 0.454. The van der Waals surface area contributed by atoms with Gasteiger partial charge in [-0.1, -0.05) is 35.1 Å². The Hall–Kier alpha value is -2.49. The molecule has 0 fully saturated rings. The zero-order chi connectivity index (χ0) is 19.8. The molecule has 0 aliphatic heterocycles. The van der Waals surface area contributed by atoms with Crippen molar-refractivity contribution in [2.75, 3.05) is 7.11 Å². The maximum atomic E-state index is 12.7. The van der Waals surface area contributed by atoms with Gasteiger partial charge >= 0.3 is 5.69 Å². The molecule has 3 aromatic rings. The minimum atomic E-state index is -4.01. The first-order valence-electron chi connectivity index (χ1n) is 7.49. The van der Waals surface area contributed by atoms with E-state index in [0.29, 0.717) is 15.1 Å². The van der Waals surface area contributed by atoms with Crippen LogP contribution in [0.25, 0.3) is 10.1 Å². The molecule has 2 aromatic carbocycles. The second-order valence-corrected chi connectivity index (χ2v) is 9.01. The van der Waals surface area contributed by atoms with Crippen LogP contribution < -0.4 is 9.48 Å². The van der Waals surface area contributed by atoms with Crippen molar-refractivity contribution in [3.05, 3.63) is 72.7 Å². The van der Waals surface area contributed by atoms with Crippen molar-refractivity contribution in [2.45, 2.75) is 10.6 Å². The number of rotatable bonds is 5. The molecule has 3 rings (SSSR count). The Labute approximate surface area is 162 Å². The minimum absolute atomic E-state index is 0.0236. The molecule has 27 heavy (non-hydrogen) atoms. The molecule has 7 nitrogen and oxygen atoms in total. The summed E-state index contributed by atoms with van der Waals surface area (Å²) in [5, 5.41) is 12.1. The van der Waals surface area contributed by atoms with Crippen molar-refractivity contribution in [1.29, 1.82) is 0 Å². The highest BCUT2D eigenvalue weighted by Gasteiger charge is 2.23. The molecule has 140 valence electrons. The molecule has 0 spiro atoms. The van der Waals surface area contributed by atoms with Gasteiger partial charge in [-0.3, -0.25) is 14.9 Å². The third kappa shape index (κ3) is 3.95. The molecule has 0 bridgehead atoms. The third-order valence-corrected chi connectivity index (χ3v) is 6.83. The van der Waals surface area contributed by atoms with Crippen LogP contribution in [0.3, 0.4) is 0 Å². The van der Waals surface area contributed by atoms with Crippen LogP contribution in [-0.4, -0.2) is 20.5 Å². The number of hydrogen-bond donors (Lipinski definition) is 0. The fraction of sp³-hybridized carbons (Fsp3) is 0.118. The monoisotopic (exact) mass is 425 g/mol. The lowest BCUT2D eigenvalue weighted by Gasteiger charge is -2.07. The van der Waals surface area contributed by atoms with E-state index in [1.165, 1.54) is 25.3 Å². The van der Waals surface area contributed by atoms with Gasteiger partial charge < -0.3 is 4.74 Å². The molecule has 1 aromatic heterocycles. The molecule has 10 heteroatoms. The molecule has 0 N–H and O–H groups in total. The van der Waals surface area contributed by atoms with E-state index < -0.39 is 25.3 Å². The van der Waals surface area contributed by atoms with E-state index in [9.17, 15) is 23.3 Å². The van der Waals surface area contributed by atoms with Crippen LogP contribution in [-0.2, 0) is 15.6 Å². The first-order valence-corrected chi connectivity index (χ1v) is 10.3. The van der Waals surface area contributed by atoms with Crippen LogP contribution in [0.15, 0.2) is 52.2 Å². The third-order valence-electron chi connectivity index (χ3n) is 3.80. The highest BCUT2D eigenvalue weighted by Crippen LogP contribution is 2.29. The van der Waals surface area contributed by atoms with E-state index in [0.717, 1.165) is 17.4 Å². The molecule has 0 amide bonds. The number of nitro groups is 1. The zero-order valence-electron chi connectivity index (χ0n) is 13.8. The molecular formula is C17H12ClNO6S2. The van der Waals surface area contributed by atoms with Gasteiger partial charge in [0.05, 0.1) is 17.8 Å². The zero-order valence-corrected chi connectivity index (χ0v) is 16.2. The van der Waals surface area contributed by atoms with Crippen molar-refractivity contribution in [3.8, 4) is 5.75 Å². The average Bonchev–Trinajstić information content (AvgIpc) is 2.60. The number of fused-ring (bicyclic) bond motifs is 1. The number of sulfone groups is 1. The lowest BCUT2D eigenvalue weighted by Crippen LogP contribution is -2.14. The number of nitrogens with zero attached hydrogens (tertiary/aromatic N) is 1. The van der Waals surface area contributed by atoms with Gasteiger partial charge in [0, 0.05) is 15.8 Å². The fourth-order valence-corrected chi connectivity index (χ4v) is 5.42. The van der Waals surface area contributed by atoms with Gasteiger partial charge in [-0.15, -0.1) is 0 Å². The van der Waals surface area contributed by atoms with Gasteiger partial charge in [0.2, 0.25) is 0 Å². The standard InChI is InChI=1S/C17H12ClNO6S2/c1-25-14-5-2-10(6-13(14)19(21)22)9-27(23,24)16-7-11-3-4-12(18)8-15(11)26-17(16)20/h2-8H,9H2,1H3. The first kappa shape index (κ1) is 19.3. The van der Waals surface area contributed by atoms with Crippen molar-refractivity contribution < 1.29 is 18.1 Å². The van der Waals surface area contributed by atoms with Gasteiger partial charge in [0.15, 0.2) is 15.6 Å². The number of ether oxygens (including phenoxy) is 1. The summed E-state index contributed by atoms with van der Waals surface area (Å²) in [4.78, 5) is 22.4. The lowest BCUT2D eigenvalue weighted by atomic mass is 10.2. The Balaban J connectivity index is 2.05. The predicted molar refractivity (Wildman–Crippen MR) is 104 cm³/mol. The Morgan fingerprint density at radius 3 is 2.59 bits per heavy atom. The van der Waals surface area contributed by atoms with Gasteiger partial charge in [-0.25, -0.2) is 8.42 Å². The molecule has 0 aliphatic carbocycles. The van der Waals surface area contributed by atoms with Crippen molar-refractivity contribution in [3.63, 3.8) is 0 Å². The summed E-state index contributed by atoms with van der Waals surface area (Å²) >= 11 is 6.68. The Morgan fingerprint density at radius 2 is 1.93 bits per heavy atom. The summed E-state index contributed by atoms with van der Waals surface area (Å²) in [7, 11) is -2.72. The minimum Gasteiger partial charge on any atom is -0.490 e. The van der Waals surface area contributed by atoms with Crippen LogP contribution in [0.2, 0.25) is 5.02 Å². The van der Waals surface area contributed by atoms with E-state index in [-0.39, 0.29) is 21.9 Å². The van der Waals surface area contributed by atoms with Crippen LogP contribution >= 0.6 is 22.9 Å². The van der Waals surface area contributed by atoms with Crippen molar-refractivity contribution >= 4 is 48.5 Å². The molecule has 0 atom stereocenters. The molecule has 0 aliphatic rings. The van der Waals surface area contributed by atoms with Crippen molar-refractivity contribution in [2.24, 2.45) is 0 Å². The molecule has 0 saturated heterocycles. The molecule has 1 heterocycles. The average molecular weight is 426 g/mol. The van der Waals surface area contributed by atoms with E-state index in [4.69, 9.17) is 16.3 Å². The Morgan fingerprint density at radius 1 is 1.19 bits per heavy atom. The van der Waals surface area contributed by atoms with Gasteiger partial charge in [-0.2, -0.15) is 0 Å². The summed E-state index contributed by atoms with van der Waals surface area (Å²) < 4.78 is 30.4. The predicted octanol–water partition coefficient (Wildman–Crippen LogP) is 3.81. The van der Waals surface area contributed by atoms with Gasteiger partial charge in [-0.05, 0) is 35.2 Å². The maximum absolute atomic E-state index is 12.7. The highest BCUT2D eigenvalue weighted by molar-refractivity contribution is 7.90. The second-order valence-electron chi connectivity index (χ2n) is 5.60. The number of nitro benzene ring substituents is 1. The van der Waals surface area contributed by atoms with E-state index in [2.05, 4.69) is 0 Å². The Bertz CT molecular complexity index is 1220. The van der Waals surface area contributed by atoms with E-state index in [1.54, 1.807) is 18.2 Å². The highest BCUT2D eigenvalue weighted by atomic mass is 35.5. The van der Waals surface area contributed by atoms with Gasteiger partial charge in [0.25, 0.3) is 4.74 Å². The van der Waals surface area contributed by atoms with Crippen LogP contribution in [0, 0.1) is 10.1 Å². The van der Waals surface area contributed by atoms with Gasteiger partial charge in [0.1, 0.15) is 4.90 Å². The summed E-state index contributed by atoms with van der Waals surface area (Å²) in [5.74, 6) is -0.519. The van der Waals surface area contributed by atoms with Crippen molar-refractivity contribution in [1.82, 2.24) is 0 Å². The molecule has 0 unspecified atom stereocenters. The van der Waals surface area contributed by atoms with Crippen LogP contribution in [0.5, 0.6) is 5.75 Å². The van der Waals surface area contributed by atoms with Crippen LogP contribution in [0.4, 0.5) is 5.69 Å². The largest absolute Gasteiger partial charge is 0.490 e. The maximum Gasteiger partial charge on any atom is 0.311 e. The summed E-state index contributed by atoms with van der Waals surface area (Å²) in [5.41, 5.74) is -0.161. The summed E-state index contributed by atoms with van der Waals surface area (Å²) in [6, 6.07) is 9.99. The summed E-state index contributed by atoms with van der Waals surface area (Å²) in [6.45, 7) is 0. The molecule has 0 saturated carbocycles. The number of hydrogen-bond acceptors (Lipinski definition) is 7. The first-order chi connectivity index (χ1) is 12.7. The molecule has 0 radical (unpaired) electrons. The number of halogens is 1. The van der Waals surface area contributed by atoms with E-state index >= 15 is 0 Å². The SMILES string of the molecule is COc1ccc(CS(=O)(=O)c2cc3ccc(Cl)cc3sc2=O)cc1[N+](=O)[O-]. The number of benzene rings is 2. The number of methoxy groups -OCH3 is 1. The molecular weight excluding hydrogens is 414 g/mol. The fourth-order valence-electron chi connectivity index (χ4n) is 2.55. The Kier molecular flexibility index (Phi) is 5.18.